The molecule has 8 heteroatoms. The number of rotatable bonds is 5. The zero-order chi connectivity index (χ0) is 20.7. The van der Waals surface area contributed by atoms with Crippen LogP contribution in [0.4, 0.5) is 17.6 Å². The SMILES string of the molecule is CC(C)(C)[Si](C)(C)O[C@]1(C(F)(F)F)COC[C@@H]1C(CN)c1ccccc1F. The largest absolute Gasteiger partial charge is 0.418 e. The molecular formula is C19H29F4NO2Si. The average molecular weight is 408 g/mol. The summed E-state index contributed by atoms with van der Waals surface area (Å²) >= 11 is 0. The first-order valence-corrected chi connectivity index (χ1v) is 12.0. The summed E-state index contributed by atoms with van der Waals surface area (Å²) in [4.78, 5) is 0. The summed E-state index contributed by atoms with van der Waals surface area (Å²) in [5.74, 6) is -2.54. The molecule has 1 unspecified atom stereocenters. The number of hydrogen-bond acceptors (Lipinski definition) is 3. The van der Waals surface area contributed by atoms with E-state index in [0.29, 0.717) is 0 Å². The lowest BCUT2D eigenvalue weighted by molar-refractivity contribution is -0.265. The molecule has 0 amide bonds. The minimum atomic E-state index is -4.66. The van der Waals surface area contributed by atoms with Gasteiger partial charge in [-0.2, -0.15) is 13.2 Å². The molecule has 1 heterocycles. The van der Waals surface area contributed by atoms with Gasteiger partial charge < -0.3 is 14.9 Å². The van der Waals surface area contributed by atoms with E-state index in [1.807, 2.05) is 20.8 Å². The molecule has 1 fully saturated rings. The Labute approximate surface area is 159 Å². The maximum atomic E-state index is 14.4. The van der Waals surface area contributed by atoms with E-state index in [9.17, 15) is 17.6 Å². The van der Waals surface area contributed by atoms with E-state index in [-0.39, 0.29) is 18.7 Å². The van der Waals surface area contributed by atoms with Gasteiger partial charge in [0.15, 0.2) is 13.9 Å². The summed E-state index contributed by atoms with van der Waals surface area (Å²) in [6, 6.07) is 5.82. The molecule has 0 bridgehead atoms. The summed E-state index contributed by atoms with van der Waals surface area (Å²) in [5.41, 5.74) is 3.51. The normalized spacial score (nSPS) is 25.6. The van der Waals surface area contributed by atoms with Gasteiger partial charge in [-0.3, -0.25) is 0 Å². The van der Waals surface area contributed by atoms with E-state index in [2.05, 4.69) is 0 Å². The van der Waals surface area contributed by atoms with Gasteiger partial charge in [0.1, 0.15) is 5.82 Å². The van der Waals surface area contributed by atoms with Gasteiger partial charge in [0.05, 0.1) is 13.2 Å². The molecule has 1 aromatic carbocycles. The Balaban J connectivity index is 2.55. The Morgan fingerprint density at radius 3 is 2.33 bits per heavy atom. The molecule has 2 N–H and O–H groups in total. The fourth-order valence-electron chi connectivity index (χ4n) is 3.37. The molecule has 0 spiro atoms. The lowest BCUT2D eigenvalue weighted by Crippen LogP contribution is -2.62. The highest BCUT2D eigenvalue weighted by Gasteiger charge is 2.67. The molecule has 1 saturated heterocycles. The molecule has 0 saturated carbocycles. The topological polar surface area (TPSA) is 44.5 Å². The molecular weight excluding hydrogens is 378 g/mol. The smallest absolute Gasteiger partial charge is 0.401 e. The highest BCUT2D eigenvalue weighted by molar-refractivity contribution is 6.74. The van der Waals surface area contributed by atoms with Gasteiger partial charge in [0, 0.05) is 11.8 Å². The monoisotopic (exact) mass is 407 g/mol. The molecule has 1 aliphatic rings. The van der Waals surface area contributed by atoms with Crippen molar-refractivity contribution >= 4 is 8.32 Å². The second-order valence-electron chi connectivity index (χ2n) is 8.73. The Hall–Kier alpha value is -0.963. The van der Waals surface area contributed by atoms with Crippen molar-refractivity contribution in [3.63, 3.8) is 0 Å². The first-order chi connectivity index (χ1) is 12.3. The Bertz CT molecular complexity index is 660. The lowest BCUT2D eigenvalue weighted by Gasteiger charge is -2.47. The van der Waals surface area contributed by atoms with Gasteiger partial charge in [0.2, 0.25) is 0 Å². The van der Waals surface area contributed by atoms with Crippen LogP contribution in [0.1, 0.15) is 32.3 Å². The van der Waals surface area contributed by atoms with Crippen LogP contribution in [0.15, 0.2) is 24.3 Å². The molecule has 27 heavy (non-hydrogen) atoms. The van der Waals surface area contributed by atoms with Crippen molar-refractivity contribution < 1.29 is 26.7 Å². The molecule has 0 aromatic heterocycles. The van der Waals surface area contributed by atoms with Crippen molar-refractivity contribution in [1.29, 1.82) is 0 Å². The first-order valence-electron chi connectivity index (χ1n) is 9.06. The fraction of sp³-hybridized carbons (Fsp3) is 0.684. The van der Waals surface area contributed by atoms with Gasteiger partial charge in [-0.05, 0) is 36.3 Å². The quantitative estimate of drug-likeness (QED) is 0.561. The molecule has 154 valence electrons. The standard InChI is InChI=1S/C19H29F4NO2Si/c1-17(2,3)27(4,5)26-18(19(21,22)23)12-25-11-15(18)14(10-24)13-8-6-7-9-16(13)20/h6-9,14-15H,10-12,24H2,1-5H3/t14?,15-,18-/m1/s1. The van der Waals surface area contributed by atoms with Crippen molar-refractivity contribution in [2.24, 2.45) is 11.7 Å². The van der Waals surface area contributed by atoms with Crippen LogP contribution in [0, 0.1) is 11.7 Å². The molecule has 2 rings (SSSR count). The van der Waals surface area contributed by atoms with Crippen molar-refractivity contribution in [3.05, 3.63) is 35.6 Å². The fourth-order valence-corrected chi connectivity index (χ4v) is 4.91. The summed E-state index contributed by atoms with van der Waals surface area (Å²) in [7, 11) is -2.80. The number of benzene rings is 1. The summed E-state index contributed by atoms with van der Waals surface area (Å²) < 4.78 is 68.8. The second kappa shape index (κ2) is 7.46. The van der Waals surface area contributed by atoms with Crippen LogP contribution < -0.4 is 5.73 Å². The zero-order valence-corrected chi connectivity index (χ0v) is 17.5. The van der Waals surface area contributed by atoms with E-state index < -0.39 is 49.4 Å². The maximum Gasteiger partial charge on any atom is 0.418 e. The first kappa shape index (κ1) is 22.3. The average Bonchev–Trinajstić information content (AvgIpc) is 2.93. The van der Waals surface area contributed by atoms with Gasteiger partial charge in [0.25, 0.3) is 0 Å². The van der Waals surface area contributed by atoms with Crippen LogP contribution >= 0.6 is 0 Å². The van der Waals surface area contributed by atoms with Crippen LogP contribution in [0.25, 0.3) is 0 Å². The summed E-state index contributed by atoms with van der Waals surface area (Å²) in [5, 5.41) is -0.422. The van der Waals surface area contributed by atoms with E-state index in [4.69, 9.17) is 14.9 Å². The Morgan fingerprint density at radius 2 is 1.85 bits per heavy atom. The predicted molar refractivity (Wildman–Crippen MR) is 99.6 cm³/mol. The molecule has 0 aliphatic carbocycles. The third kappa shape index (κ3) is 4.08. The molecule has 3 atom stereocenters. The number of alkyl halides is 3. The zero-order valence-electron chi connectivity index (χ0n) is 16.5. The van der Waals surface area contributed by atoms with Crippen molar-refractivity contribution in [2.45, 2.75) is 56.6 Å². The van der Waals surface area contributed by atoms with Crippen LogP contribution in [-0.2, 0) is 9.16 Å². The van der Waals surface area contributed by atoms with Crippen molar-refractivity contribution in [3.8, 4) is 0 Å². The van der Waals surface area contributed by atoms with E-state index in [1.54, 1.807) is 19.2 Å². The number of nitrogens with two attached hydrogens (primary N) is 1. The molecule has 1 aromatic rings. The Kier molecular flexibility index (Phi) is 6.17. The van der Waals surface area contributed by atoms with Crippen LogP contribution in [0.2, 0.25) is 18.1 Å². The van der Waals surface area contributed by atoms with Gasteiger partial charge in [-0.25, -0.2) is 4.39 Å². The minimum Gasteiger partial charge on any atom is -0.401 e. The second-order valence-corrected chi connectivity index (χ2v) is 13.5. The van der Waals surface area contributed by atoms with Crippen molar-refractivity contribution in [1.82, 2.24) is 0 Å². The number of halogens is 4. The van der Waals surface area contributed by atoms with Crippen LogP contribution in [0.5, 0.6) is 0 Å². The van der Waals surface area contributed by atoms with Gasteiger partial charge >= 0.3 is 6.18 Å². The third-order valence-electron chi connectivity index (χ3n) is 5.98. The molecule has 0 radical (unpaired) electrons. The van der Waals surface area contributed by atoms with Crippen LogP contribution in [-0.4, -0.2) is 39.9 Å². The number of ether oxygens (including phenoxy) is 1. The van der Waals surface area contributed by atoms with Crippen molar-refractivity contribution in [2.75, 3.05) is 19.8 Å². The maximum absolute atomic E-state index is 14.4. The molecule has 3 nitrogen and oxygen atoms in total. The highest BCUT2D eigenvalue weighted by Crippen LogP contribution is 2.52. The third-order valence-corrected chi connectivity index (χ3v) is 10.5. The summed E-state index contributed by atoms with van der Waals surface area (Å²) in [6.07, 6.45) is -4.66. The van der Waals surface area contributed by atoms with E-state index in [1.165, 1.54) is 18.2 Å². The molecule has 1 aliphatic heterocycles. The predicted octanol–water partition coefficient (Wildman–Crippen LogP) is 4.84. The number of hydrogen-bond donors (Lipinski definition) is 1. The summed E-state index contributed by atoms with van der Waals surface area (Å²) in [6.45, 7) is 8.28. The lowest BCUT2D eigenvalue weighted by atomic mass is 9.76. The highest BCUT2D eigenvalue weighted by atomic mass is 28.4. The van der Waals surface area contributed by atoms with E-state index >= 15 is 0 Å². The van der Waals surface area contributed by atoms with Crippen LogP contribution in [0.3, 0.4) is 0 Å². The van der Waals surface area contributed by atoms with Gasteiger partial charge in [-0.15, -0.1) is 0 Å². The Morgan fingerprint density at radius 1 is 1.26 bits per heavy atom. The minimum absolute atomic E-state index is 0.131. The van der Waals surface area contributed by atoms with E-state index in [0.717, 1.165) is 0 Å². The van der Waals surface area contributed by atoms with Gasteiger partial charge in [-0.1, -0.05) is 39.0 Å².